The number of imidazole rings is 1. The Balaban J connectivity index is 0.00000264. The van der Waals surface area contributed by atoms with Gasteiger partial charge in [0.15, 0.2) is 5.96 Å². The molecule has 0 aliphatic carbocycles. The molecule has 0 bridgehead atoms. The third kappa shape index (κ3) is 6.58. The molecule has 6 nitrogen and oxygen atoms in total. The molecule has 23 heavy (non-hydrogen) atoms. The minimum Gasteiger partial charge on any atom is -0.355 e. The number of nitrogens with one attached hydrogen (secondary N) is 2. The number of nitrogens with zero attached hydrogens (tertiary/aromatic N) is 4. The van der Waals surface area contributed by atoms with E-state index in [4.69, 9.17) is 0 Å². The molecule has 0 saturated carbocycles. The van der Waals surface area contributed by atoms with Crippen molar-refractivity contribution in [3.05, 3.63) is 18.2 Å². The molecule has 0 atom stereocenters. The Labute approximate surface area is 152 Å². The average molecular weight is 442 g/mol. The molecule has 132 valence electrons. The van der Waals surface area contributed by atoms with Crippen molar-refractivity contribution in [2.45, 2.75) is 32.4 Å². The van der Waals surface area contributed by atoms with E-state index in [0.717, 1.165) is 30.7 Å². The molecule has 1 aliphatic rings. The lowest BCUT2D eigenvalue weighted by Gasteiger charge is -2.26. The number of likely N-dealkylation sites (tertiary alicyclic amines) is 1. The quantitative estimate of drug-likeness (QED) is 0.403. The highest BCUT2D eigenvalue weighted by molar-refractivity contribution is 14.0. The van der Waals surface area contributed by atoms with Crippen LogP contribution in [0.3, 0.4) is 0 Å². The molecule has 2 rings (SSSR count). The molecule has 2 N–H and O–H groups in total. The van der Waals surface area contributed by atoms with Crippen molar-refractivity contribution in [1.82, 2.24) is 25.1 Å². The van der Waals surface area contributed by atoms with Crippen molar-refractivity contribution >= 4 is 29.9 Å². The van der Waals surface area contributed by atoms with Crippen LogP contribution < -0.4 is 10.6 Å². The summed E-state index contributed by atoms with van der Waals surface area (Å²) < 4.78 is 26.3. The molecule has 2 heterocycles. The van der Waals surface area contributed by atoms with Gasteiger partial charge >= 0.3 is 6.55 Å². The first-order valence-corrected chi connectivity index (χ1v) is 7.67. The smallest absolute Gasteiger partial charge is 0.319 e. The first-order chi connectivity index (χ1) is 10.7. The van der Waals surface area contributed by atoms with Gasteiger partial charge in [-0.1, -0.05) is 6.42 Å². The Kier molecular flexibility index (Phi) is 9.37. The number of piperidine rings is 1. The lowest BCUT2D eigenvalue weighted by atomic mass is 10.1. The molecule has 9 heteroatoms. The van der Waals surface area contributed by atoms with Gasteiger partial charge in [-0.05, 0) is 25.9 Å². The molecule has 1 aliphatic heterocycles. The van der Waals surface area contributed by atoms with Crippen LogP contribution in [-0.4, -0.2) is 53.6 Å². The van der Waals surface area contributed by atoms with E-state index >= 15 is 0 Å². The van der Waals surface area contributed by atoms with Crippen LogP contribution in [0.1, 0.15) is 31.6 Å². The number of hydrogen-bond acceptors (Lipinski definition) is 3. The van der Waals surface area contributed by atoms with Crippen molar-refractivity contribution in [1.29, 1.82) is 0 Å². The fourth-order valence-electron chi connectivity index (χ4n) is 2.56. The summed E-state index contributed by atoms with van der Waals surface area (Å²) in [7, 11) is 1.66. The van der Waals surface area contributed by atoms with Gasteiger partial charge in [0.2, 0.25) is 0 Å². The lowest BCUT2D eigenvalue weighted by molar-refractivity contribution is 0.0668. The molecule has 1 aromatic rings. The predicted molar refractivity (Wildman–Crippen MR) is 97.4 cm³/mol. The fraction of sp³-hybridized carbons (Fsp3) is 0.714. The summed E-state index contributed by atoms with van der Waals surface area (Å²) in [5.41, 5.74) is 0. The van der Waals surface area contributed by atoms with Crippen LogP contribution in [0.15, 0.2) is 17.4 Å². The van der Waals surface area contributed by atoms with Crippen molar-refractivity contribution < 1.29 is 8.78 Å². The van der Waals surface area contributed by atoms with Crippen LogP contribution >= 0.6 is 24.0 Å². The second-order valence-electron chi connectivity index (χ2n) is 5.28. The molecular formula is C14H25F2IN6. The van der Waals surface area contributed by atoms with Crippen molar-refractivity contribution in [3.8, 4) is 0 Å². The van der Waals surface area contributed by atoms with Crippen LogP contribution in [0.2, 0.25) is 0 Å². The Morgan fingerprint density at radius 2 is 2.04 bits per heavy atom. The van der Waals surface area contributed by atoms with Crippen molar-refractivity contribution in [3.63, 3.8) is 0 Å². The molecule has 1 saturated heterocycles. The molecule has 0 radical (unpaired) electrons. The number of rotatable bonds is 6. The molecule has 0 amide bonds. The van der Waals surface area contributed by atoms with E-state index in [2.05, 4.69) is 25.5 Å². The van der Waals surface area contributed by atoms with Crippen LogP contribution in [0.25, 0.3) is 0 Å². The van der Waals surface area contributed by atoms with E-state index in [1.807, 2.05) is 0 Å². The highest BCUT2D eigenvalue weighted by Crippen LogP contribution is 2.11. The van der Waals surface area contributed by atoms with Crippen molar-refractivity contribution in [2.24, 2.45) is 4.99 Å². The Bertz CT molecular complexity index is 474. The van der Waals surface area contributed by atoms with Gasteiger partial charge < -0.3 is 15.5 Å². The SMILES string of the molecule is CN=C(NCCN1CCCCC1)NCc1nccn1C(F)F.I. The number of aromatic nitrogens is 2. The predicted octanol–water partition coefficient (Wildman–Crippen LogP) is 2.05. The molecule has 0 aromatic carbocycles. The monoisotopic (exact) mass is 442 g/mol. The highest BCUT2D eigenvalue weighted by atomic mass is 127. The zero-order valence-electron chi connectivity index (χ0n) is 13.3. The maximum absolute atomic E-state index is 12.7. The number of alkyl halides is 2. The Morgan fingerprint density at radius 1 is 1.30 bits per heavy atom. The normalized spacial score (nSPS) is 16.3. The molecular weight excluding hydrogens is 417 g/mol. The topological polar surface area (TPSA) is 57.5 Å². The van der Waals surface area contributed by atoms with Gasteiger partial charge in [0.25, 0.3) is 0 Å². The van der Waals surface area contributed by atoms with Crippen LogP contribution in [0, 0.1) is 0 Å². The zero-order chi connectivity index (χ0) is 15.8. The van der Waals surface area contributed by atoms with Crippen molar-refractivity contribution in [2.75, 3.05) is 33.2 Å². The van der Waals surface area contributed by atoms with Gasteiger partial charge in [-0.3, -0.25) is 9.56 Å². The standard InChI is InChI=1S/C14H24F2N6.HI/c1-17-14(19-5-9-21-7-3-2-4-8-21)20-11-12-18-6-10-22(12)13(15)16;/h6,10,13H,2-5,7-9,11H2,1H3,(H2,17,19,20);1H. The summed E-state index contributed by atoms with van der Waals surface area (Å²) in [4.78, 5) is 10.4. The van der Waals surface area contributed by atoms with E-state index in [-0.39, 0.29) is 36.3 Å². The number of halogens is 3. The van der Waals surface area contributed by atoms with Gasteiger partial charge in [0, 0.05) is 32.5 Å². The third-order valence-electron chi connectivity index (χ3n) is 3.77. The molecule has 1 fully saturated rings. The van der Waals surface area contributed by atoms with Crippen LogP contribution in [0.5, 0.6) is 0 Å². The van der Waals surface area contributed by atoms with E-state index < -0.39 is 6.55 Å². The number of hydrogen-bond donors (Lipinski definition) is 2. The second kappa shape index (κ2) is 10.7. The first-order valence-electron chi connectivity index (χ1n) is 7.67. The summed E-state index contributed by atoms with van der Waals surface area (Å²) in [5.74, 6) is 0.884. The van der Waals surface area contributed by atoms with Gasteiger partial charge in [0.1, 0.15) is 5.82 Å². The number of aliphatic imine (C=N–C) groups is 1. The zero-order valence-corrected chi connectivity index (χ0v) is 15.7. The molecule has 1 aromatic heterocycles. The van der Waals surface area contributed by atoms with Gasteiger partial charge in [-0.2, -0.15) is 8.78 Å². The van der Waals surface area contributed by atoms with E-state index in [1.54, 1.807) is 7.05 Å². The summed E-state index contributed by atoms with van der Waals surface area (Å²) in [6, 6.07) is 0. The van der Waals surface area contributed by atoms with E-state index in [9.17, 15) is 8.78 Å². The minimum absolute atomic E-state index is 0. The number of guanidine groups is 1. The maximum Gasteiger partial charge on any atom is 0.319 e. The van der Waals surface area contributed by atoms with Crippen LogP contribution in [-0.2, 0) is 6.54 Å². The summed E-state index contributed by atoms with van der Waals surface area (Å²) in [6.07, 6.45) is 6.50. The Morgan fingerprint density at radius 3 is 2.70 bits per heavy atom. The van der Waals surface area contributed by atoms with Gasteiger partial charge in [-0.25, -0.2) is 4.98 Å². The van der Waals surface area contributed by atoms with Crippen LogP contribution in [0.4, 0.5) is 8.78 Å². The average Bonchev–Trinajstić information content (AvgIpc) is 3.00. The maximum atomic E-state index is 12.7. The summed E-state index contributed by atoms with van der Waals surface area (Å²) in [6.45, 7) is 1.68. The molecule has 0 spiro atoms. The Hall–Kier alpha value is -0.970. The third-order valence-corrected chi connectivity index (χ3v) is 3.77. The highest BCUT2D eigenvalue weighted by Gasteiger charge is 2.12. The summed E-state index contributed by atoms with van der Waals surface area (Å²) in [5, 5.41) is 6.21. The van der Waals surface area contributed by atoms with Gasteiger partial charge in [0.05, 0.1) is 6.54 Å². The van der Waals surface area contributed by atoms with Gasteiger partial charge in [-0.15, -0.1) is 24.0 Å². The van der Waals surface area contributed by atoms with E-state index in [0.29, 0.717) is 5.96 Å². The fourth-order valence-corrected chi connectivity index (χ4v) is 2.56. The van der Waals surface area contributed by atoms with E-state index in [1.165, 1.54) is 31.7 Å². The second-order valence-corrected chi connectivity index (χ2v) is 5.28. The largest absolute Gasteiger partial charge is 0.355 e. The molecule has 0 unspecified atom stereocenters. The minimum atomic E-state index is -2.58. The first kappa shape index (κ1) is 20.1. The summed E-state index contributed by atoms with van der Waals surface area (Å²) >= 11 is 0. The lowest BCUT2D eigenvalue weighted by Crippen LogP contribution is -2.42.